The number of carbonyl (C=O) groups excluding carboxylic acids is 4. The fourth-order valence-corrected chi connectivity index (χ4v) is 4.01. The highest BCUT2D eigenvalue weighted by Gasteiger charge is 2.30. The first-order valence-corrected chi connectivity index (χ1v) is 12.8. The Balaban J connectivity index is 1.65. The molecule has 4 N–H and O–H groups in total. The van der Waals surface area contributed by atoms with Gasteiger partial charge in [0.15, 0.2) is 11.6 Å². The van der Waals surface area contributed by atoms with Crippen molar-refractivity contribution in [2.45, 2.75) is 52.4 Å². The Morgan fingerprint density at radius 1 is 0.611 bits per heavy atom. The van der Waals surface area contributed by atoms with Gasteiger partial charge in [0.2, 0.25) is 11.8 Å². The Bertz CT molecular complexity index is 1030. The van der Waals surface area contributed by atoms with E-state index < -0.39 is 0 Å². The van der Waals surface area contributed by atoms with Crippen molar-refractivity contribution in [2.75, 3.05) is 36.8 Å². The highest BCUT2D eigenvalue weighted by molar-refractivity contribution is 6.29. The molecule has 0 aliphatic heterocycles. The summed E-state index contributed by atoms with van der Waals surface area (Å²) >= 11 is 0. The molecule has 0 saturated heterocycles. The van der Waals surface area contributed by atoms with E-state index in [1.807, 2.05) is 0 Å². The summed E-state index contributed by atoms with van der Waals surface area (Å²) in [6.45, 7) is 7.11. The molecule has 2 aromatic carbocycles. The maximum Gasteiger partial charge on any atom is 0.225 e. The lowest BCUT2D eigenvalue weighted by Gasteiger charge is -2.19. The Labute approximate surface area is 212 Å². The number of amides is 2. The number of benzene rings is 2. The van der Waals surface area contributed by atoms with Crippen molar-refractivity contribution in [3.63, 3.8) is 0 Å². The number of carbonyl (C=O) groups is 4. The highest BCUT2D eigenvalue weighted by Crippen LogP contribution is 2.31. The minimum Gasteiger partial charge on any atom is -0.326 e. The lowest BCUT2D eigenvalue weighted by atomic mass is 9.83. The van der Waals surface area contributed by atoms with Crippen molar-refractivity contribution in [3.05, 3.63) is 58.7 Å². The van der Waals surface area contributed by atoms with E-state index in [9.17, 15) is 19.2 Å². The third kappa shape index (κ3) is 7.32. The van der Waals surface area contributed by atoms with Crippen molar-refractivity contribution in [3.8, 4) is 0 Å². The molecule has 8 heteroatoms. The van der Waals surface area contributed by atoms with E-state index in [0.717, 1.165) is 38.8 Å². The Morgan fingerprint density at radius 2 is 1.03 bits per heavy atom. The summed E-state index contributed by atoms with van der Waals surface area (Å²) in [6.07, 6.45) is 4.93. The van der Waals surface area contributed by atoms with E-state index in [1.165, 1.54) is 0 Å². The number of ketones is 2. The normalized spacial score (nSPS) is 12.2. The lowest BCUT2D eigenvalue weighted by molar-refractivity contribution is -0.116. The maximum atomic E-state index is 13.3. The van der Waals surface area contributed by atoms with Crippen molar-refractivity contribution in [2.24, 2.45) is 0 Å². The van der Waals surface area contributed by atoms with Crippen LogP contribution < -0.4 is 21.3 Å². The SMILES string of the molecule is CCCCNCCC(=O)Nc1ccc2c(c1)C(=O)c1cc(NC(=O)CCNCCCC)ccc1C2=O. The minimum absolute atomic E-state index is 0.164. The van der Waals surface area contributed by atoms with Gasteiger partial charge in [-0.2, -0.15) is 0 Å². The lowest BCUT2D eigenvalue weighted by Crippen LogP contribution is -2.24. The molecule has 0 bridgehead atoms. The van der Waals surface area contributed by atoms with Gasteiger partial charge in [0, 0.05) is 59.6 Å². The monoisotopic (exact) mass is 492 g/mol. The van der Waals surface area contributed by atoms with Crippen LogP contribution in [0.5, 0.6) is 0 Å². The third-order valence-corrected chi connectivity index (χ3v) is 6.06. The molecule has 0 heterocycles. The van der Waals surface area contributed by atoms with E-state index >= 15 is 0 Å². The van der Waals surface area contributed by atoms with Crippen LogP contribution in [0.15, 0.2) is 36.4 Å². The van der Waals surface area contributed by atoms with Crippen LogP contribution in [0, 0.1) is 0 Å². The van der Waals surface area contributed by atoms with Crippen LogP contribution >= 0.6 is 0 Å². The number of hydrogen-bond acceptors (Lipinski definition) is 6. The van der Waals surface area contributed by atoms with E-state index in [0.29, 0.717) is 48.4 Å². The molecule has 8 nitrogen and oxygen atoms in total. The Morgan fingerprint density at radius 3 is 1.44 bits per heavy atom. The van der Waals surface area contributed by atoms with E-state index in [4.69, 9.17) is 0 Å². The molecule has 0 fully saturated rings. The predicted molar refractivity (Wildman–Crippen MR) is 142 cm³/mol. The van der Waals surface area contributed by atoms with Crippen LogP contribution in [0.4, 0.5) is 11.4 Å². The van der Waals surface area contributed by atoms with Crippen LogP contribution in [0.1, 0.15) is 84.2 Å². The molecule has 3 rings (SSSR count). The summed E-state index contributed by atoms with van der Waals surface area (Å²) < 4.78 is 0. The molecule has 36 heavy (non-hydrogen) atoms. The van der Waals surface area contributed by atoms with E-state index in [-0.39, 0.29) is 34.5 Å². The fourth-order valence-electron chi connectivity index (χ4n) is 4.01. The van der Waals surface area contributed by atoms with Gasteiger partial charge in [-0.05, 0) is 62.3 Å². The summed E-state index contributed by atoms with van der Waals surface area (Å²) in [6, 6.07) is 9.53. The van der Waals surface area contributed by atoms with Gasteiger partial charge < -0.3 is 21.3 Å². The molecule has 0 saturated carbocycles. The topological polar surface area (TPSA) is 116 Å². The van der Waals surface area contributed by atoms with Gasteiger partial charge in [0.1, 0.15) is 0 Å². The molecule has 1 aliphatic rings. The molecule has 0 spiro atoms. The molecule has 2 amide bonds. The molecular formula is C28H36N4O4. The summed E-state index contributed by atoms with van der Waals surface area (Å²) in [7, 11) is 0. The van der Waals surface area contributed by atoms with Crippen LogP contribution in [0.3, 0.4) is 0 Å². The molecule has 1 aliphatic carbocycles. The minimum atomic E-state index is -0.311. The van der Waals surface area contributed by atoms with Gasteiger partial charge >= 0.3 is 0 Å². The summed E-state index contributed by atoms with van der Waals surface area (Å²) in [5.41, 5.74) is 2.04. The smallest absolute Gasteiger partial charge is 0.225 e. The second kappa shape index (κ2) is 13.7. The molecule has 0 aromatic heterocycles. The molecule has 192 valence electrons. The van der Waals surface area contributed by atoms with Crippen LogP contribution in [-0.4, -0.2) is 49.6 Å². The first-order chi connectivity index (χ1) is 17.4. The predicted octanol–water partition coefficient (Wildman–Crippen LogP) is 3.90. The zero-order chi connectivity index (χ0) is 25.9. The fraction of sp³-hybridized carbons (Fsp3) is 0.429. The average molecular weight is 493 g/mol. The Kier molecular flexibility index (Phi) is 10.3. The van der Waals surface area contributed by atoms with Crippen LogP contribution in [-0.2, 0) is 9.59 Å². The Hall–Kier alpha value is -3.36. The molecule has 0 unspecified atom stereocenters. The van der Waals surface area contributed by atoms with Gasteiger partial charge in [-0.1, -0.05) is 26.7 Å². The first kappa shape index (κ1) is 27.2. The highest BCUT2D eigenvalue weighted by atomic mass is 16.2. The number of unbranched alkanes of at least 4 members (excludes halogenated alkanes) is 2. The number of nitrogens with one attached hydrogen (secondary N) is 4. The number of rotatable bonds is 14. The summed E-state index contributed by atoms with van der Waals surface area (Å²) in [4.78, 5) is 50.9. The zero-order valence-corrected chi connectivity index (χ0v) is 21.2. The van der Waals surface area contributed by atoms with Gasteiger partial charge in [0.05, 0.1) is 0 Å². The second-order valence-electron chi connectivity index (χ2n) is 8.98. The van der Waals surface area contributed by atoms with Crippen molar-refractivity contribution in [1.29, 1.82) is 0 Å². The molecule has 2 aromatic rings. The largest absolute Gasteiger partial charge is 0.326 e. The second-order valence-corrected chi connectivity index (χ2v) is 8.98. The number of hydrogen-bond donors (Lipinski definition) is 4. The summed E-state index contributed by atoms with van der Waals surface area (Å²) in [5, 5.41) is 12.1. The number of fused-ring (bicyclic) bond motifs is 2. The van der Waals surface area contributed by atoms with Crippen LogP contribution in [0.2, 0.25) is 0 Å². The zero-order valence-electron chi connectivity index (χ0n) is 21.2. The summed E-state index contributed by atoms with van der Waals surface area (Å²) in [5.74, 6) is -0.893. The van der Waals surface area contributed by atoms with Crippen molar-refractivity contribution in [1.82, 2.24) is 10.6 Å². The van der Waals surface area contributed by atoms with Gasteiger partial charge in [-0.3, -0.25) is 19.2 Å². The maximum absolute atomic E-state index is 13.3. The van der Waals surface area contributed by atoms with Gasteiger partial charge in [-0.15, -0.1) is 0 Å². The third-order valence-electron chi connectivity index (χ3n) is 6.06. The quantitative estimate of drug-likeness (QED) is 0.254. The first-order valence-electron chi connectivity index (χ1n) is 12.8. The molecule has 0 atom stereocenters. The van der Waals surface area contributed by atoms with Crippen LogP contribution in [0.25, 0.3) is 0 Å². The van der Waals surface area contributed by atoms with Gasteiger partial charge in [0.25, 0.3) is 0 Å². The van der Waals surface area contributed by atoms with E-state index in [2.05, 4.69) is 35.1 Å². The standard InChI is InChI=1S/C28H36N4O4/c1-3-5-13-29-15-11-25(33)31-19-7-9-21-23(17-19)28(36)24-18-20(8-10-22(24)27(21)35)32-26(34)12-16-30-14-6-4-2/h7-10,17-18,29-30H,3-6,11-16H2,1-2H3,(H,31,33)(H,32,34). The molecule has 0 radical (unpaired) electrons. The van der Waals surface area contributed by atoms with Crippen molar-refractivity contribution >= 4 is 34.8 Å². The van der Waals surface area contributed by atoms with E-state index in [1.54, 1.807) is 36.4 Å². The molecular weight excluding hydrogens is 456 g/mol. The van der Waals surface area contributed by atoms with Gasteiger partial charge in [-0.25, -0.2) is 0 Å². The average Bonchev–Trinajstić information content (AvgIpc) is 2.87. The number of anilines is 2. The van der Waals surface area contributed by atoms with Crippen molar-refractivity contribution < 1.29 is 19.2 Å².